The smallest absolute Gasteiger partial charge is 0.0393 e. The van der Waals surface area contributed by atoms with Crippen LogP contribution in [0, 0.1) is 6.92 Å². The minimum Gasteiger partial charge on any atom is -0.143 e. The second-order valence-corrected chi connectivity index (χ2v) is 4.99. The van der Waals surface area contributed by atoms with Crippen LogP contribution in [0.1, 0.15) is 5.56 Å². The van der Waals surface area contributed by atoms with Crippen LogP contribution in [0.15, 0.2) is 35.2 Å². The predicted octanol–water partition coefficient (Wildman–Crippen LogP) is 1.43. The van der Waals surface area contributed by atoms with E-state index >= 15 is 0 Å². The molecule has 0 bridgehead atoms. The number of fused-ring (bicyclic) bond motifs is 1. The third-order valence-corrected chi connectivity index (χ3v) is 3.77. The molecule has 0 saturated heterocycles. The number of hydrogen-bond donors (Lipinski definition) is 1. The lowest BCUT2D eigenvalue weighted by atomic mass is 10.1. The van der Waals surface area contributed by atoms with Gasteiger partial charge in [-0.05, 0) is 29.3 Å². The molecule has 0 saturated carbocycles. The van der Waals surface area contributed by atoms with Gasteiger partial charge < -0.3 is 0 Å². The third-order valence-electron chi connectivity index (χ3n) is 2.41. The lowest BCUT2D eigenvalue weighted by Gasteiger charge is -2.05. The molecule has 0 aliphatic rings. The minimum absolute atomic E-state index is 1.08. The van der Waals surface area contributed by atoms with Crippen LogP contribution in [0.3, 0.4) is 0 Å². The summed E-state index contributed by atoms with van der Waals surface area (Å²) in [5.74, 6) is 0. The van der Waals surface area contributed by atoms with E-state index in [1.807, 2.05) is 0 Å². The largest absolute Gasteiger partial charge is 0.143 e. The topological polar surface area (TPSA) is 0 Å². The summed E-state index contributed by atoms with van der Waals surface area (Å²) in [6.07, 6.45) is 0. The molecular formula is C11H12SSi. The summed E-state index contributed by atoms with van der Waals surface area (Å²) >= 11 is 4.42. The van der Waals surface area contributed by atoms with Gasteiger partial charge in [-0.2, -0.15) is 0 Å². The minimum atomic E-state index is 1.08. The standard InChI is InChI=1S/C11H12SSi/c1-7-5-9-8(6-10(7)12)3-2-4-11(9)13/h2-6,12H,1,13H3. The Morgan fingerprint density at radius 1 is 1.23 bits per heavy atom. The molecule has 2 aromatic carbocycles. The van der Waals surface area contributed by atoms with Crippen molar-refractivity contribution in [2.24, 2.45) is 0 Å². The Labute approximate surface area is 86.8 Å². The van der Waals surface area contributed by atoms with E-state index in [0.29, 0.717) is 0 Å². The second kappa shape index (κ2) is 3.20. The Bertz CT molecular complexity index is 463. The first-order chi connectivity index (χ1) is 6.18. The molecule has 0 aliphatic carbocycles. The predicted molar refractivity (Wildman–Crippen MR) is 65.5 cm³/mol. The maximum Gasteiger partial charge on any atom is 0.0393 e. The Hall–Kier alpha value is -0.733. The first-order valence-corrected chi connectivity index (χ1v) is 5.82. The Morgan fingerprint density at radius 3 is 2.77 bits per heavy atom. The van der Waals surface area contributed by atoms with Gasteiger partial charge in [-0.25, -0.2) is 0 Å². The fourth-order valence-corrected chi connectivity index (χ4v) is 2.41. The highest BCUT2D eigenvalue weighted by atomic mass is 32.1. The zero-order valence-electron chi connectivity index (χ0n) is 7.83. The first-order valence-electron chi connectivity index (χ1n) is 4.37. The molecule has 0 amide bonds. The lowest BCUT2D eigenvalue weighted by Crippen LogP contribution is -2.02. The van der Waals surface area contributed by atoms with Crippen molar-refractivity contribution in [3.63, 3.8) is 0 Å². The highest BCUT2D eigenvalue weighted by Crippen LogP contribution is 2.20. The first kappa shape index (κ1) is 8.85. The zero-order chi connectivity index (χ0) is 9.42. The molecule has 0 N–H and O–H groups in total. The molecule has 0 atom stereocenters. The van der Waals surface area contributed by atoms with E-state index in [4.69, 9.17) is 0 Å². The van der Waals surface area contributed by atoms with Crippen molar-refractivity contribution < 1.29 is 0 Å². The van der Waals surface area contributed by atoms with Crippen molar-refractivity contribution in [2.45, 2.75) is 11.8 Å². The number of aryl methyl sites for hydroxylation is 1. The SMILES string of the molecule is Cc1cc2c([SiH3])cccc2cc1S. The maximum absolute atomic E-state index is 4.42. The Kier molecular flexibility index (Phi) is 2.18. The molecule has 0 nitrogen and oxygen atoms in total. The van der Waals surface area contributed by atoms with Crippen LogP contribution in [0.25, 0.3) is 10.8 Å². The molecule has 13 heavy (non-hydrogen) atoms. The van der Waals surface area contributed by atoms with Crippen LogP contribution in [0.2, 0.25) is 0 Å². The van der Waals surface area contributed by atoms with Crippen LogP contribution >= 0.6 is 12.6 Å². The lowest BCUT2D eigenvalue weighted by molar-refractivity contribution is 1.34. The summed E-state index contributed by atoms with van der Waals surface area (Å²) in [7, 11) is 1.11. The Balaban J connectivity index is 2.89. The monoisotopic (exact) mass is 204 g/mol. The molecule has 2 heteroatoms. The molecule has 0 aromatic heterocycles. The van der Waals surface area contributed by atoms with Crippen molar-refractivity contribution in [3.05, 3.63) is 35.9 Å². The molecule has 0 aliphatic heterocycles. The van der Waals surface area contributed by atoms with Crippen LogP contribution in [-0.4, -0.2) is 10.2 Å². The van der Waals surface area contributed by atoms with Crippen molar-refractivity contribution in [2.75, 3.05) is 0 Å². The molecule has 0 unspecified atom stereocenters. The Morgan fingerprint density at radius 2 is 2.00 bits per heavy atom. The van der Waals surface area contributed by atoms with Crippen LogP contribution in [0.4, 0.5) is 0 Å². The molecule has 0 heterocycles. The fraction of sp³-hybridized carbons (Fsp3) is 0.0909. The van der Waals surface area contributed by atoms with E-state index in [2.05, 4.69) is 49.9 Å². The van der Waals surface area contributed by atoms with Crippen molar-refractivity contribution in [3.8, 4) is 0 Å². The number of hydrogen-bond acceptors (Lipinski definition) is 1. The highest BCUT2D eigenvalue weighted by Gasteiger charge is 1.99. The number of rotatable bonds is 0. The second-order valence-electron chi connectivity index (χ2n) is 3.43. The van der Waals surface area contributed by atoms with Crippen LogP contribution in [0.5, 0.6) is 0 Å². The van der Waals surface area contributed by atoms with E-state index in [9.17, 15) is 0 Å². The molecule has 2 rings (SSSR count). The van der Waals surface area contributed by atoms with Crippen molar-refractivity contribution >= 4 is 38.8 Å². The van der Waals surface area contributed by atoms with Gasteiger partial charge in [0, 0.05) is 15.1 Å². The fourth-order valence-electron chi connectivity index (χ4n) is 1.58. The highest BCUT2D eigenvalue weighted by molar-refractivity contribution is 7.80. The number of thiol groups is 1. The van der Waals surface area contributed by atoms with Gasteiger partial charge in [-0.3, -0.25) is 0 Å². The van der Waals surface area contributed by atoms with Crippen molar-refractivity contribution in [1.29, 1.82) is 0 Å². The van der Waals surface area contributed by atoms with E-state index in [0.717, 1.165) is 15.1 Å². The van der Waals surface area contributed by atoms with E-state index in [-0.39, 0.29) is 0 Å². The van der Waals surface area contributed by atoms with E-state index < -0.39 is 0 Å². The van der Waals surface area contributed by atoms with Crippen molar-refractivity contribution in [1.82, 2.24) is 0 Å². The van der Waals surface area contributed by atoms with E-state index in [1.54, 1.807) is 0 Å². The van der Waals surface area contributed by atoms with Gasteiger partial charge in [0.25, 0.3) is 0 Å². The molecular weight excluding hydrogens is 192 g/mol. The maximum atomic E-state index is 4.42. The van der Waals surface area contributed by atoms with Gasteiger partial charge in [-0.15, -0.1) is 12.6 Å². The van der Waals surface area contributed by atoms with Gasteiger partial charge in [0.05, 0.1) is 0 Å². The normalized spacial score (nSPS) is 10.9. The summed E-state index contributed by atoms with van der Waals surface area (Å²) in [6.45, 7) is 2.11. The van der Waals surface area contributed by atoms with Crippen LogP contribution in [-0.2, 0) is 0 Å². The summed E-state index contributed by atoms with van der Waals surface area (Å²) in [4.78, 5) is 1.08. The number of benzene rings is 2. The summed E-state index contributed by atoms with van der Waals surface area (Å²) in [5.41, 5.74) is 1.26. The van der Waals surface area contributed by atoms with Gasteiger partial charge in [0.2, 0.25) is 0 Å². The quantitative estimate of drug-likeness (QED) is 0.487. The molecule has 0 fully saturated rings. The summed E-state index contributed by atoms with van der Waals surface area (Å²) < 4.78 is 0. The summed E-state index contributed by atoms with van der Waals surface area (Å²) in [5, 5.41) is 4.17. The summed E-state index contributed by atoms with van der Waals surface area (Å²) in [6, 6.07) is 10.9. The zero-order valence-corrected chi connectivity index (χ0v) is 10.7. The van der Waals surface area contributed by atoms with Gasteiger partial charge in [0.15, 0.2) is 0 Å². The molecule has 0 spiro atoms. The molecule has 66 valence electrons. The molecule has 2 aromatic rings. The average Bonchev–Trinajstić information content (AvgIpc) is 2.09. The third kappa shape index (κ3) is 1.52. The van der Waals surface area contributed by atoms with Gasteiger partial charge in [-0.1, -0.05) is 29.5 Å². The van der Waals surface area contributed by atoms with Gasteiger partial charge >= 0.3 is 0 Å². The van der Waals surface area contributed by atoms with Gasteiger partial charge in [0.1, 0.15) is 0 Å². The van der Waals surface area contributed by atoms with E-state index in [1.165, 1.54) is 21.5 Å². The van der Waals surface area contributed by atoms with Crippen LogP contribution < -0.4 is 5.19 Å². The average molecular weight is 204 g/mol. The molecule has 0 radical (unpaired) electrons.